The molecule has 0 radical (unpaired) electrons. The van der Waals surface area contributed by atoms with Gasteiger partial charge < -0.3 is 10.2 Å². The molecule has 0 atom stereocenters. The smallest absolute Gasteiger partial charge is 0.241 e. The van der Waals surface area contributed by atoms with Gasteiger partial charge >= 0.3 is 0 Å². The Hall–Kier alpha value is -1.98. The molecule has 1 aliphatic heterocycles. The van der Waals surface area contributed by atoms with Gasteiger partial charge in [-0.1, -0.05) is 12.1 Å². The van der Waals surface area contributed by atoms with Gasteiger partial charge in [0.1, 0.15) is 5.75 Å². The molecule has 1 heterocycles. The van der Waals surface area contributed by atoms with Gasteiger partial charge in [-0.05, 0) is 37.5 Å². The van der Waals surface area contributed by atoms with Crippen LogP contribution >= 0.6 is 0 Å². The fourth-order valence-electron chi connectivity index (χ4n) is 2.97. The van der Waals surface area contributed by atoms with Crippen LogP contribution in [0.3, 0.4) is 0 Å². The number of amides is 2. The average Bonchev–Trinajstić information content (AvgIpc) is 2.66. The molecule has 1 aromatic carbocycles. The van der Waals surface area contributed by atoms with Gasteiger partial charge in [-0.2, -0.15) is 0 Å². The molecule has 0 saturated carbocycles. The third-order valence-corrected chi connectivity index (χ3v) is 8.18. The summed E-state index contributed by atoms with van der Waals surface area (Å²) in [6.07, 6.45) is 0.436. The Labute approximate surface area is 165 Å². The van der Waals surface area contributed by atoms with E-state index in [1.807, 2.05) is 0 Å². The van der Waals surface area contributed by atoms with Crippen molar-refractivity contribution in [3.63, 3.8) is 0 Å². The molecule has 9 nitrogen and oxygen atoms in total. The van der Waals surface area contributed by atoms with Crippen molar-refractivity contribution in [3.05, 3.63) is 29.8 Å². The van der Waals surface area contributed by atoms with E-state index in [1.165, 1.54) is 24.1 Å². The van der Waals surface area contributed by atoms with Crippen LogP contribution in [0.5, 0.6) is 0 Å². The van der Waals surface area contributed by atoms with Crippen molar-refractivity contribution in [1.29, 1.82) is 0 Å². The molecule has 0 unspecified atom stereocenters. The van der Waals surface area contributed by atoms with Gasteiger partial charge in [0.25, 0.3) is 0 Å². The topological polar surface area (TPSA) is 130 Å². The highest BCUT2D eigenvalue weighted by molar-refractivity contribution is 7.92. The van der Waals surface area contributed by atoms with Crippen molar-refractivity contribution in [2.45, 2.75) is 29.9 Å². The van der Waals surface area contributed by atoms with Crippen LogP contribution in [0.4, 0.5) is 0 Å². The van der Waals surface area contributed by atoms with E-state index in [-0.39, 0.29) is 30.8 Å². The number of sulfonamides is 1. The number of nitrogens with zero attached hydrogens (tertiary/aromatic N) is 1. The molecule has 0 spiro atoms. The fraction of sp³-hybridized carbons (Fsp3) is 0.529. The lowest BCUT2D eigenvalue weighted by Crippen LogP contribution is -2.47. The summed E-state index contributed by atoms with van der Waals surface area (Å²) in [5.74, 6) is -1.55. The molecule has 2 rings (SSSR count). The zero-order valence-electron chi connectivity index (χ0n) is 15.8. The third kappa shape index (κ3) is 5.76. The van der Waals surface area contributed by atoms with Crippen molar-refractivity contribution in [3.8, 4) is 0 Å². The summed E-state index contributed by atoms with van der Waals surface area (Å²) < 4.78 is 51.3. The minimum absolute atomic E-state index is 0.0827. The quantitative estimate of drug-likeness (QED) is 0.594. The van der Waals surface area contributed by atoms with Gasteiger partial charge in [0, 0.05) is 20.1 Å². The minimum Gasteiger partial charge on any atom is -0.358 e. The SMILES string of the molecule is CNC(=O)CS(=O)(=O)C1CCN(C(=O)CNS(=O)(=O)c2cccc(C)c2)CC1. The van der Waals surface area contributed by atoms with Crippen LogP contribution in [0.2, 0.25) is 0 Å². The number of rotatable bonds is 7. The van der Waals surface area contributed by atoms with Crippen molar-refractivity contribution < 1.29 is 26.4 Å². The molecule has 1 aliphatic rings. The number of hydrogen-bond donors (Lipinski definition) is 2. The van der Waals surface area contributed by atoms with Crippen LogP contribution in [-0.2, 0) is 29.4 Å². The highest BCUT2D eigenvalue weighted by Crippen LogP contribution is 2.19. The van der Waals surface area contributed by atoms with Crippen LogP contribution in [-0.4, -0.2) is 71.2 Å². The molecule has 2 N–H and O–H groups in total. The maximum atomic E-state index is 12.3. The maximum absolute atomic E-state index is 12.3. The van der Waals surface area contributed by atoms with Crippen molar-refractivity contribution in [1.82, 2.24) is 14.9 Å². The number of carbonyl (C=O) groups is 2. The number of benzene rings is 1. The summed E-state index contributed by atoms with van der Waals surface area (Å²) in [5.41, 5.74) is 0.786. The van der Waals surface area contributed by atoms with E-state index in [9.17, 15) is 26.4 Å². The van der Waals surface area contributed by atoms with E-state index in [0.717, 1.165) is 5.56 Å². The standard InChI is InChI=1S/C17H25N3O6S2/c1-13-4-3-5-15(10-13)28(25,26)19-11-17(22)20-8-6-14(7-9-20)27(23,24)12-16(21)18-2/h3-5,10,14,19H,6-9,11-12H2,1-2H3,(H,18,21). The lowest BCUT2D eigenvalue weighted by molar-refractivity contribution is -0.130. The number of sulfone groups is 1. The summed E-state index contributed by atoms with van der Waals surface area (Å²) in [4.78, 5) is 25.2. The van der Waals surface area contributed by atoms with E-state index in [1.54, 1.807) is 19.1 Å². The van der Waals surface area contributed by atoms with Gasteiger partial charge in [-0.15, -0.1) is 0 Å². The first-order chi connectivity index (χ1) is 13.0. The number of carbonyl (C=O) groups excluding carboxylic acids is 2. The van der Waals surface area contributed by atoms with Gasteiger partial charge in [-0.3, -0.25) is 9.59 Å². The molecule has 11 heteroatoms. The fourth-order valence-corrected chi connectivity index (χ4v) is 5.72. The molecule has 1 saturated heterocycles. The lowest BCUT2D eigenvalue weighted by Gasteiger charge is -2.31. The highest BCUT2D eigenvalue weighted by atomic mass is 32.2. The van der Waals surface area contributed by atoms with E-state index in [2.05, 4.69) is 10.0 Å². The molecule has 2 amide bonds. The zero-order valence-corrected chi connectivity index (χ0v) is 17.5. The Morgan fingerprint density at radius 3 is 2.36 bits per heavy atom. The first-order valence-corrected chi connectivity index (χ1v) is 12.0. The minimum atomic E-state index is -3.80. The first-order valence-electron chi connectivity index (χ1n) is 8.81. The molecule has 156 valence electrons. The van der Waals surface area contributed by atoms with Crippen LogP contribution < -0.4 is 10.0 Å². The van der Waals surface area contributed by atoms with Gasteiger partial charge in [0.05, 0.1) is 16.7 Å². The zero-order chi connectivity index (χ0) is 20.9. The summed E-state index contributed by atoms with van der Waals surface area (Å²) >= 11 is 0. The highest BCUT2D eigenvalue weighted by Gasteiger charge is 2.33. The number of hydrogen-bond acceptors (Lipinski definition) is 6. The Morgan fingerprint density at radius 2 is 1.79 bits per heavy atom. The molecular weight excluding hydrogens is 406 g/mol. The molecule has 28 heavy (non-hydrogen) atoms. The first kappa shape index (κ1) is 22.3. The average molecular weight is 432 g/mol. The third-order valence-electron chi connectivity index (χ3n) is 4.63. The van der Waals surface area contributed by atoms with Gasteiger partial charge in [0.15, 0.2) is 9.84 Å². The Bertz CT molecular complexity index is 935. The Kier molecular flexibility index (Phi) is 7.18. The van der Waals surface area contributed by atoms with Gasteiger partial charge in [0.2, 0.25) is 21.8 Å². The molecule has 1 aromatic rings. The van der Waals surface area contributed by atoms with Crippen molar-refractivity contribution >= 4 is 31.7 Å². The van der Waals surface area contributed by atoms with E-state index in [0.29, 0.717) is 0 Å². The van der Waals surface area contributed by atoms with E-state index in [4.69, 9.17) is 0 Å². The molecular formula is C17H25N3O6S2. The summed E-state index contributed by atoms with van der Waals surface area (Å²) in [7, 11) is -6.01. The van der Waals surface area contributed by atoms with Crippen molar-refractivity contribution in [2.24, 2.45) is 0 Å². The molecule has 0 bridgehead atoms. The van der Waals surface area contributed by atoms with Crippen molar-refractivity contribution in [2.75, 3.05) is 32.4 Å². The number of likely N-dealkylation sites (tertiary alicyclic amines) is 1. The number of aryl methyl sites for hydroxylation is 1. The summed E-state index contributed by atoms with van der Waals surface area (Å²) in [6, 6.07) is 6.35. The molecule has 0 aromatic heterocycles. The second kappa shape index (κ2) is 9.01. The predicted octanol–water partition coefficient (Wildman–Crippen LogP) is -0.575. The Balaban J connectivity index is 1.89. The second-order valence-electron chi connectivity index (χ2n) is 6.70. The normalized spacial score (nSPS) is 16.0. The largest absolute Gasteiger partial charge is 0.358 e. The van der Waals surface area contributed by atoms with Crippen LogP contribution in [0.25, 0.3) is 0 Å². The van der Waals surface area contributed by atoms with Gasteiger partial charge in [-0.25, -0.2) is 21.6 Å². The summed E-state index contributed by atoms with van der Waals surface area (Å²) in [6.45, 7) is 1.77. The van der Waals surface area contributed by atoms with E-state index < -0.39 is 49.2 Å². The molecule has 0 aliphatic carbocycles. The number of piperidine rings is 1. The summed E-state index contributed by atoms with van der Waals surface area (Å²) in [5, 5.41) is 1.60. The lowest BCUT2D eigenvalue weighted by atomic mass is 10.1. The number of nitrogens with one attached hydrogen (secondary N) is 2. The van der Waals surface area contributed by atoms with Crippen LogP contribution in [0, 0.1) is 6.92 Å². The van der Waals surface area contributed by atoms with Crippen LogP contribution in [0.1, 0.15) is 18.4 Å². The second-order valence-corrected chi connectivity index (χ2v) is 10.7. The monoisotopic (exact) mass is 431 g/mol. The maximum Gasteiger partial charge on any atom is 0.241 e. The van der Waals surface area contributed by atoms with Crippen LogP contribution in [0.15, 0.2) is 29.2 Å². The van der Waals surface area contributed by atoms with E-state index >= 15 is 0 Å². The molecule has 1 fully saturated rings. The predicted molar refractivity (Wildman–Crippen MR) is 104 cm³/mol. The Morgan fingerprint density at radius 1 is 1.14 bits per heavy atom.